The van der Waals surface area contributed by atoms with Gasteiger partial charge in [0.15, 0.2) is 0 Å². The van der Waals surface area contributed by atoms with Gasteiger partial charge in [-0.2, -0.15) is 0 Å². The van der Waals surface area contributed by atoms with Crippen molar-refractivity contribution in [2.24, 2.45) is 0 Å². The molecule has 1 N–H and O–H groups in total. The normalized spacial score (nSPS) is 17.3. The molecule has 0 aliphatic carbocycles. The monoisotopic (exact) mass is 151 g/mol. The third kappa shape index (κ3) is 4.70. The SMILES string of the molecule is CC[CH]OC(O)(Cl)CC. The van der Waals surface area contributed by atoms with Crippen molar-refractivity contribution in [1.29, 1.82) is 0 Å². The van der Waals surface area contributed by atoms with Gasteiger partial charge >= 0.3 is 0 Å². The predicted molar refractivity (Wildman–Crippen MR) is 36.8 cm³/mol. The van der Waals surface area contributed by atoms with Crippen LogP contribution in [0.2, 0.25) is 0 Å². The zero-order valence-corrected chi connectivity index (χ0v) is 6.48. The topological polar surface area (TPSA) is 29.5 Å². The highest BCUT2D eigenvalue weighted by Crippen LogP contribution is 2.18. The minimum atomic E-state index is -1.49. The van der Waals surface area contributed by atoms with Crippen LogP contribution >= 0.6 is 11.6 Å². The van der Waals surface area contributed by atoms with Crippen LogP contribution in [0.3, 0.4) is 0 Å². The van der Waals surface area contributed by atoms with Crippen molar-refractivity contribution < 1.29 is 9.84 Å². The summed E-state index contributed by atoms with van der Waals surface area (Å²) in [6.07, 6.45) is 1.13. The summed E-state index contributed by atoms with van der Waals surface area (Å²) < 4.78 is 4.72. The van der Waals surface area contributed by atoms with Crippen LogP contribution in [0.4, 0.5) is 0 Å². The predicted octanol–water partition coefficient (Wildman–Crippen LogP) is 1.87. The molecule has 0 spiro atoms. The zero-order valence-electron chi connectivity index (χ0n) is 5.72. The van der Waals surface area contributed by atoms with Crippen LogP contribution in [0, 0.1) is 6.61 Å². The highest BCUT2D eigenvalue weighted by molar-refractivity contribution is 6.21. The van der Waals surface area contributed by atoms with Crippen LogP contribution in [-0.4, -0.2) is 10.4 Å². The first-order valence-corrected chi connectivity index (χ1v) is 3.41. The lowest BCUT2D eigenvalue weighted by Gasteiger charge is -2.17. The molecule has 1 radical (unpaired) electrons. The van der Waals surface area contributed by atoms with Gasteiger partial charge < -0.3 is 9.84 Å². The zero-order chi connectivity index (χ0) is 7.33. The first-order valence-electron chi connectivity index (χ1n) is 3.03. The van der Waals surface area contributed by atoms with E-state index in [1.54, 1.807) is 6.92 Å². The lowest BCUT2D eigenvalue weighted by Crippen LogP contribution is -2.21. The van der Waals surface area contributed by atoms with Gasteiger partial charge in [0.2, 0.25) is 5.25 Å². The minimum Gasteiger partial charge on any atom is -0.353 e. The molecule has 0 saturated heterocycles. The van der Waals surface area contributed by atoms with Crippen molar-refractivity contribution >= 4 is 11.6 Å². The lowest BCUT2D eigenvalue weighted by molar-refractivity contribution is -0.114. The maximum absolute atomic E-state index is 8.97. The summed E-state index contributed by atoms with van der Waals surface area (Å²) in [4.78, 5) is 0. The van der Waals surface area contributed by atoms with Gasteiger partial charge in [-0.25, -0.2) is 0 Å². The Balaban J connectivity index is 3.33. The Morgan fingerprint density at radius 2 is 2.22 bits per heavy atom. The van der Waals surface area contributed by atoms with E-state index in [0.29, 0.717) is 6.42 Å². The average molecular weight is 152 g/mol. The lowest BCUT2D eigenvalue weighted by atomic mass is 10.4. The molecule has 0 aromatic heterocycles. The second-order valence-corrected chi connectivity index (χ2v) is 2.33. The number of halogens is 1. The van der Waals surface area contributed by atoms with E-state index in [-0.39, 0.29) is 0 Å². The van der Waals surface area contributed by atoms with Crippen LogP contribution < -0.4 is 0 Å². The molecule has 0 amide bonds. The molecule has 0 aliphatic rings. The molecule has 3 heteroatoms. The quantitative estimate of drug-likeness (QED) is 0.491. The molecule has 1 atom stereocenters. The van der Waals surface area contributed by atoms with Gasteiger partial charge in [0.25, 0.3) is 0 Å². The van der Waals surface area contributed by atoms with Crippen LogP contribution in [0.25, 0.3) is 0 Å². The Labute approximate surface area is 60.8 Å². The number of hydrogen-bond acceptors (Lipinski definition) is 2. The van der Waals surface area contributed by atoms with Crippen molar-refractivity contribution in [2.45, 2.75) is 31.9 Å². The van der Waals surface area contributed by atoms with E-state index in [9.17, 15) is 0 Å². The fourth-order valence-electron chi connectivity index (χ4n) is 0.294. The third-order valence-corrected chi connectivity index (χ3v) is 1.22. The average Bonchev–Trinajstić information content (AvgIpc) is 1.84. The van der Waals surface area contributed by atoms with Gasteiger partial charge in [0.1, 0.15) is 0 Å². The van der Waals surface area contributed by atoms with E-state index in [1.165, 1.54) is 6.61 Å². The summed E-state index contributed by atoms with van der Waals surface area (Å²) in [6.45, 7) is 5.13. The molecule has 2 nitrogen and oxygen atoms in total. The summed E-state index contributed by atoms with van der Waals surface area (Å²) in [5, 5.41) is 7.48. The Hall–Kier alpha value is 0.210. The van der Waals surface area contributed by atoms with E-state index >= 15 is 0 Å². The summed E-state index contributed by atoms with van der Waals surface area (Å²) in [5.74, 6) is 0. The molecule has 55 valence electrons. The van der Waals surface area contributed by atoms with E-state index in [4.69, 9.17) is 21.4 Å². The molecule has 0 aromatic rings. The highest BCUT2D eigenvalue weighted by atomic mass is 35.5. The molecular weight excluding hydrogens is 140 g/mol. The van der Waals surface area contributed by atoms with Crippen molar-refractivity contribution in [2.75, 3.05) is 0 Å². The molecule has 0 fully saturated rings. The van der Waals surface area contributed by atoms with Gasteiger partial charge in [0.05, 0.1) is 6.61 Å². The van der Waals surface area contributed by atoms with Gasteiger partial charge in [-0.05, 0) is 6.42 Å². The van der Waals surface area contributed by atoms with Crippen molar-refractivity contribution in [3.8, 4) is 0 Å². The Morgan fingerprint density at radius 1 is 1.67 bits per heavy atom. The molecule has 0 bridgehead atoms. The highest BCUT2D eigenvalue weighted by Gasteiger charge is 2.20. The summed E-state index contributed by atoms with van der Waals surface area (Å²) in [5.41, 5.74) is 0. The maximum Gasteiger partial charge on any atom is 0.245 e. The van der Waals surface area contributed by atoms with Crippen LogP contribution in [0.5, 0.6) is 0 Å². The molecule has 9 heavy (non-hydrogen) atoms. The summed E-state index contributed by atoms with van der Waals surface area (Å²) >= 11 is 5.40. The maximum atomic E-state index is 8.97. The third-order valence-electron chi connectivity index (χ3n) is 0.867. The first kappa shape index (κ1) is 9.21. The van der Waals surface area contributed by atoms with E-state index in [2.05, 4.69) is 0 Å². The molecule has 0 saturated carbocycles. The molecule has 0 aromatic carbocycles. The largest absolute Gasteiger partial charge is 0.353 e. The van der Waals surface area contributed by atoms with Crippen LogP contribution in [-0.2, 0) is 4.74 Å². The molecule has 1 unspecified atom stereocenters. The molecular formula is C6H12ClO2. The number of ether oxygens (including phenoxy) is 1. The van der Waals surface area contributed by atoms with E-state index in [1.807, 2.05) is 6.92 Å². The second-order valence-electron chi connectivity index (χ2n) is 1.74. The standard InChI is InChI=1S/C6H12ClO2/c1-3-5-9-6(7,8)4-2/h5,8H,3-4H2,1-2H3. The summed E-state index contributed by atoms with van der Waals surface area (Å²) in [7, 11) is 0. The van der Waals surface area contributed by atoms with E-state index < -0.39 is 5.25 Å². The van der Waals surface area contributed by atoms with Gasteiger partial charge in [-0.15, -0.1) is 0 Å². The number of hydrogen-bond donors (Lipinski definition) is 1. The molecule has 0 rings (SSSR count). The molecule has 0 heterocycles. The summed E-state index contributed by atoms with van der Waals surface area (Å²) in [6, 6.07) is 0. The smallest absolute Gasteiger partial charge is 0.245 e. The Kier molecular flexibility index (Phi) is 4.19. The fourth-order valence-corrected chi connectivity index (χ4v) is 0.357. The number of aliphatic hydroxyl groups is 1. The van der Waals surface area contributed by atoms with Crippen molar-refractivity contribution in [1.82, 2.24) is 0 Å². The van der Waals surface area contributed by atoms with Crippen molar-refractivity contribution in [3.63, 3.8) is 0 Å². The van der Waals surface area contributed by atoms with Crippen LogP contribution in [0.15, 0.2) is 0 Å². The second kappa shape index (κ2) is 4.09. The van der Waals surface area contributed by atoms with Gasteiger partial charge in [0, 0.05) is 6.42 Å². The Morgan fingerprint density at radius 3 is 2.56 bits per heavy atom. The first-order chi connectivity index (χ1) is 4.12. The van der Waals surface area contributed by atoms with Gasteiger partial charge in [-0.1, -0.05) is 25.4 Å². The van der Waals surface area contributed by atoms with Crippen LogP contribution in [0.1, 0.15) is 26.7 Å². The van der Waals surface area contributed by atoms with Crippen molar-refractivity contribution in [3.05, 3.63) is 6.61 Å². The number of alkyl halides is 1. The minimum absolute atomic E-state index is 0.380. The number of rotatable bonds is 4. The molecule has 0 aliphatic heterocycles. The Bertz CT molecular complexity index is 73.5. The van der Waals surface area contributed by atoms with E-state index in [0.717, 1.165) is 6.42 Å². The van der Waals surface area contributed by atoms with Gasteiger partial charge in [-0.3, -0.25) is 0 Å². The fraction of sp³-hybridized carbons (Fsp3) is 0.833.